The van der Waals surface area contributed by atoms with Gasteiger partial charge in [-0.25, -0.2) is 0 Å². The normalized spacial score (nSPS) is 19.3. The first-order chi connectivity index (χ1) is 6.91. The highest BCUT2D eigenvalue weighted by atomic mass is 16.3. The van der Waals surface area contributed by atoms with Crippen molar-refractivity contribution >= 4 is 6.29 Å². The van der Waals surface area contributed by atoms with Gasteiger partial charge in [0.15, 0.2) is 0 Å². The zero-order valence-electron chi connectivity index (χ0n) is 10.5. The van der Waals surface area contributed by atoms with Gasteiger partial charge >= 0.3 is 0 Å². The van der Waals surface area contributed by atoms with Crippen molar-refractivity contribution in [3.63, 3.8) is 0 Å². The van der Waals surface area contributed by atoms with E-state index >= 15 is 0 Å². The number of nitrogens with zero attached hydrogens (tertiary/aromatic N) is 1. The Balaban J connectivity index is 0.000000265. The van der Waals surface area contributed by atoms with Crippen molar-refractivity contribution in [1.82, 2.24) is 4.90 Å². The van der Waals surface area contributed by atoms with E-state index in [9.17, 15) is 4.79 Å². The number of aliphatic hydroxyl groups excluding tert-OH is 1. The molecule has 1 aliphatic heterocycles. The fraction of sp³-hybridized carbons (Fsp3) is 0.917. The van der Waals surface area contributed by atoms with E-state index in [1.807, 2.05) is 20.8 Å². The molecule has 3 heteroatoms. The monoisotopic (exact) mass is 215 g/mol. The molecule has 90 valence electrons. The summed E-state index contributed by atoms with van der Waals surface area (Å²) < 4.78 is 0. The van der Waals surface area contributed by atoms with E-state index in [1.165, 1.54) is 0 Å². The molecule has 0 aromatic carbocycles. The molecule has 0 bridgehead atoms. The Morgan fingerprint density at radius 1 is 1.40 bits per heavy atom. The molecule has 0 atom stereocenters. The van der Waals surface area contributed by atoms with Gasteiger partial charge in [-0.15, -0.1) is 0 Å². The van der Waals surface area contributed by atoms with Gasteiger partial charge in [-0.05, 0) is 26.3 Å². The first kappa shape index (κ1) is 14.6. The largest absolute Gasteiger partial charge is 0.393 e. The van der Waals surface area contributed by atoms with Crippen LogP contribution in [0, 0.1) is 5.41 Å². The van der Waals surface area contributed by atoms with Gasteiger partial charge in [0.1, 0.15) is 6.29 Å². The van der Waals surface area contributed by atoms with Gasteiger partial charge in [-0.1, -0.05) is 20.8 Å². The topological polar surface area (TPSA) is 40.5 Å². The molecule has 1 heterocycles. The van der Waals surface area contributed by atoms with Gasteiger partial charge in [0.25, 0.3) is 0 Å². The van der Waals surface area contributed by atoms with Crippen LogP contribution < -0.4 is 0 Å². The molecule has 1 saturated heterocycles. The Bertz CT molecular complexity index is 162. The van der Waals surface area contributed by atoms with Crippen LogP contribution >= 0.6 is 0 Å². The SMILES string of the molecule is CCC(C)(C)C=O.CN1CCC(O)CC1. The smallest absolute Gasteiger partial charge is 0.125 e. The van der Waals surface area contributed by atoms with E-state index in [0.29, 0.717) is 0 Å². The maximum atomic E-state index is 10.1. The highest BCUT2D eigenvalue weighted by Crippen LogP contribution is 2.14. The lowest BCUT2D eigenvalue weighted by Crippen LogP contribution is -2.32. The van der Waals surface area contributed by atoms with Crippen LogP contribution in [-0.2, 0) is 4.79 Å². The summed E-state index contributed by atoms with van der Waals surface area (Å²) in [5, 5.41) is 9.00. The lowest BCUT2D eigenvalue weighted by molar-refractivity contribution is -0.114. The molecule has 0 aliphatic carbocycles. The Labute approximate surface area is 93.5 Å². The predicted octanol–water partition coefficient (Wildman–Crippen LogP) is 1.69. The third kappa shape index (κ3) is 7.51. The Morgan fingerprint density at radius 2 is 1.87 bits per heavy atom. The van der Waals surface area contributed by atoms with Gasteiger partial charge in [0.2, 0.25) is 0 Å². The fourth-order valence-electron chi connectivity index (χ4n) is 1.08. The van der Waals surface area contributed by atoms with Gasteiger partial charge in [-0.3, -0.25) is 0 Å². The molecule has 0 saturated carbocycles. The van der Waals surface area contributed by atoms with Gasteiger partial charge in [0.05, 0.1) is 6.10 Å². The summed E-state index contributed by atoms with van der Waals surface area (Å²) in [6.45, 7) is 7.98. The van der Waals surface area contributed by atoms with Crippen LogP contribution in [0.3, 0.4) is 0 Å². The molecule has 1 aliphatic rings. The Kier molecular flexibility index (Phi) is 6.77. The van der Waals surface area contributed by atoms with E-state index in [4.69, 9.17) is 5.11 Å². The highest BCUT2D eigenvalue weighted by molar-refractivity contribution is 5.57. The third-order valence-electron chi connectivity index (χ3n) is 2.92. The predicted molar refractivity (Wildman–Crippen MR) is 62.9 cm³/mol. The molecular weight excluding hydrogens is 190 g/mol. The van der Waals surface area contributed by atoms with Crippen molar-refractivity contribution in [2.45, 2.75) is 46.1 Å². The van der Waals surface area contributed by atoms with Crippen LogP contribution in [0.5, 0.6) is 0 Å². The van der Waals surface area contributed by atoms with Crippen LogP contribution in [0.4, 0.5) is 0 Å². The average molecular weight is 215 g/mol. The minimum absolute atomic E-state index is 0.0220. The van der Waals surface area contributed by atoms with Crippen LogP contribution in [0.2, 0.25) is 0 Å². The Morgan fingerprint density at radius 3 is 2.07 bits per heavy atom. The van der Waals surface area contributed by atoms with Crippen molar-refractivity contribution in [3.8, 4) is 0 Å². The maximum Gasteiger partial charge on any atom is 0.125 e. The standard InChI is InChI=1S/C6H13NO.C6H12O/c1-7-4-2-6(8)3-5-7;1-4-6(2,3)5-7/h6,8H,2-5H2,1H3;5H,4H2,1-3H3. The second-order valence-electron chi connectivity index (χ2n) is 4.99. The first-order valence-corrected chi connectivity index (χ1v) is 5.74. The lowest BCUT2D eigenvalue weighted by Gasteiger charge is -2.25. The van der Waals surface area contributed by atoms with Gasteiger partial charge < -0.3 is 14.8 Å². The number of piperidine rings is 1. The molecule has 0 aromatic rings. The Hall–Kier alpha value is -0.410. The second kappa shape index (κ2) is 6.96. The summed E-state index contributed by atoms with van der Waals surface area (Å²) in [6.07, 6.45) is 3.81. The quantitative estimate of drug-likeness (QED) is 0.713. The molecular formula is C12H25NO2. The van der Waals surface area contributed by atoms with Crippen LogP contribution in [-0.4, -0.2) is 42.5 Å². The summed E-state index contributed by atoms with van der Waals surface area (Å²) in [4.78, 5) is 12.3. The third-order valence-corrected chi connectivity index (χ3v) is 2.92. The van der Waals surface area contributed by atoms with Crippen molar-refractivity contribution in [1.29, 1.82) is 0 Å². The molecule has 1 N–H and O–H groups in total. The molecule has 1 fully saturated rings. The van der Waals surface area contributed by atoms with Crippen LogP contribution in [0.25, 0.3) is 0 Å². The minimum Gasteiger partial charge on any atom is -0.393 e. The summed E-state index contributed by atoms with van der Waals surface area (Å²) in [5.41, 5.74) is -0.0972. The maximum absolute atomic E-state index is 10.1. The number of likely N-dealkylation sites (tertiary alicyclic amines) is 1. The van der Waals surface area contributed by atoms with E-state index in [1.54, 1.807) is 0 Å². The molecule has 3 nitrogen and oxygen atoms in total. The second-order valence-corrected chi connectivity index (χ2v) is 4.99. The van der Waals surface area contributed by atoms with Crippen molar-refractivity contribution in [2.75, 3.05) is 20.1 Å². The number of rotatable bonds is 2. The molecule has 15 heavy (non-hydrogen) atoms. The molecule has 0 unspecified atom stereocenters. The number of carbonyl (C=O) groups excluding carboxylic acids is 1. The van der Waals surface area contributed by atoms with Gasteiger partial charge in [0, 0.05) is 18.5 Å². The first-order valence-electron chi connectivity index (χ1n) is 5.74. The zero-order valence-corrected chi connectivity index (χ0v) is 10.5. The van der Waals surface area contributed by atoms with E-state index in [0.717, 1.165) is 38.6 Å². The van der Waals surface area contributed by atoms with Crippen molar-refractivity contribution < 1.29 is 9.90 Å². The van der Waals surface area contributed by atoms with Crippen LogP contribution in [0.15, 0.2) is 0 Å². The summed E-state index contributed by atoms with van der Waals surface area (Å²) >= 11 is 0. The summed E-state index contributed by atoms with van der Waals surface area (Å²) in [5.74, 6) is 0. The average Bonchev–Trinajstić information content (AvgIpc) is 2.23. The highest BCUT2D eigenvalue weighted by Gasteiger charge is 2.12. The summed E-state index contributed by atoms with van der Waals surface area (Å²) in [7, 11) is 2.09. The number of aliphatic hydroxyl groups is 1. The van der Waals surface area contributed by atoms with Crippen molar-refractivity contribution in [2.24, 2.45) is 5.41 Å². The molecule has 1 rings (SSSR count). The van der Waals surface area contributed by atoms with Crippen LogP contribution in [0.1, 0.15) is 40.0 Å². The van der Waals surface area contributed by atoms with E-state index in [-0.39, 0.29) is 11.5 Å². The summed E-state index contributed by atoms with van der Waals surface area (Å²) in [6, 6.07) is 0. The van der Waals surface area contributed by atoms with Crippen molar-refractivity contribution in [3.05, 3.63) is 0 Å². The molecule has 0 radical (unpaired) electrons. The fourth-order valence-corrected chi connectivity index (χ4v) is 1.08. The number of hydrogen-bond donors (Lipinski definition) is 1. The zero-order chi connectivity index (χ0) is 11.9. The van der Waals surface area contributed by atoms with E-state index < -0.39 is 0 Å². The minimum atomic E-state index is -0.0972. The molecule has 0 amide bonds. The van der Waals surface area contributed by atoms with Gasteiger partial charge in [-0.2, -0.15) is 0 Å². The molecule has 0 aromatic heterocycles. The number of carbonyl (C=O) groups is 1. The number of aldehydes is 1. The lowest BCUT2D eigenvalue weighted by atomic mass is 9.93. The number of hydrogen-bond acceptors (Lipinski definition) is 3. The molecule has 0 spiro atoms. The van der Waals surface area contributed by atoms with E-state index in [2.05, 4.69) is 11.9 Å².